The molecule has 0 amide bonds. The predicted octanol–water partition coefficient (Wildman–Crippen LogP) is 7.41. The second kappa shape index (κ2) is 8.90. The maximum absolute atomic E-state index is 5.90. The molecule has 1 heterocycles. The first-order valence-corrected chi connectivity index (χ1v) is 15.8. The molecule has 2 aliphatic carbocycles. The molecule has 1 aromatic carbocycles. The van der Waals surface area contributed by atoms with E-state index in [2.05, 4.69) is 94.4 Å². The second-order valence-corrected chi connectivity index (χ2v) is 16.9. The Balaban J connectivity index is 1.43. The quantitative estimate of drug-likeness (QED) is 0.310. The third-order valence-electron chi connectivity index (χ3n) is 8.06. The zero-order chi connectivity index (χ0) is 22.2. The van der Waals surface area contributed by atoms with Crippen molar-refractivity contribution in [3.8, 4) is 0 Å². The number of ether oxygens (including phenoxy) is 1. The average molecular weight is 438 g/mol. The summed E-state index contributed by atoms with van der Waals surface area (Å²) in [6.45, 7) is 12.7. The Morgan fingerprint density at radius 2 is 1.61 bits per heavy atom. The fraction of sp³-hybridized carbons (Fsp3) is 0.643. The molecule has 3 heteroatoms. The number of rotatable bonds is 8. The summed E-state index contributed by atoms with van der Waals surface area (Å²) in [5, 5.41) is 0. The average Bonchev–Trinajstić information content (AvgIpc) is 3.20. The topological polar surface area (TPSA) is 12.5 Å². The number of likely N-dealkylation sites (N-methyl/N-ethyl adjacent to an activating group) is 1. The smallest absolute Gasteiger partial charge is 0.0598 e. The van der Waals surface area contributed by atoms with Crippen molar-refractivity contribution >= 4 is 13.8 Å². The minimum absolute atomic E-state index is 0.00282. The van der Waals surface area contributed by atoms with Crippen LogP contribution in [0.1, 0.15) is 57.9 Å². The lowest BCUT2D eigenvalue weighted by Gasteiger charge is -2.38. The number of anilines is 1. The highest BCUT2D eigenvalue weighted by atomic mass is 28.3. The minimum Gasteiger partial charge on any atom is -0.376 e. The van der Waals surface area contributed by atoms with Crippen molar-refractivity contribution in [3.63, 3.8) is 0 Å². The third kappa shape index (κ3) is 4.59. The van der Waals surface area contributed by atoms with E-state index in [4.69, 9.17) is 4.74 Å². The Labute approximate surface area is 191 Å². The van der Waals surface area contributed by atoms with E-state index >= 15 is 0 Å². The molecular formula is C28H43NOSi. The summed E-state index contributed by atoms with van der Waals surface area (Å²) in [7, 11) is 0.933. The van der Waals surface area contributed by atoms with Crippen molar-refractivity contribution < 1.29 is 4.74 Å². The molecule has 5 atom stereocenters. The van der Waals surface area contributed by atoms with E-state index < -0.39 is 8.07 Å². The maximum atomic E-state index is 5.90. The zero-order valence-electron chi connectivity index (χ0n) is 20.6. The van der Waals surface area contributed by atoms with Crippen LogP contribution in [-0.4, -0.2) is 33.4 Å². The lowest BCUT2D eigenvalue weighted by molar-refractivity contribution is -0.00471. The zero-order valence-corrected chi connectivity index (χ0v) is 21.6. The molecule has 0 spiro atoms. The summed E-state index contributed by atoms with van der Waals surface area (Å²) in [5.41, 5.74) is 3.93. The predicted molar refractivity (Wildman–Crippen MR) is 137 cm³/mol. The van der Waals surface area contributed by atoms with Crippen LogP contribution < -0.4 is 4.90 Å². The van der Waals surface area contributed by atoms with Gasteiger partial charge in [-0.3, -0.25) is 0 Å². The largest absolute Gasteiger partial charge is 0.376 e. The highest BCUT2D eigenvalue weighted by Crippen LogP contribution is 2.63. The molecule has 1 saturated carbocycles. The normalized spacial score (nSPS) is 29.2. The van der Waals surface area contributed by atoms with Gasteiger partial charge in [0, 0.05) is 37.2 Å². The van der Waals surface area contributed by atoms with Gasteiger partial charge < -0.3 is 9.64 Å². The van der Waals surface area contributed by atoms with Gasteiger partial charge in [0.05, 0.1) is 13.7 Å². The summed E-state index contributed by atoms with van der Waals surface area (Å²) in [4.78, 5) is 2.61. The summed E-state index contributed by atoms with van der Waals surface area (Å²) in [5.74, 6) is 2.09. The van der Waals surface area contributed by atoms with Crippen LogP contribution in [0.3, 0.4) is 0 Å². The number of para-hydroxylation sites is 1. The molecule has 0 N–H and O–H groups in total. The van der Waals surface area contributed by atoms with Gasteiger partial charge in [-0.05, 0) is 50.3 Å². The summed E-state index contributed by atoms with van der Waals surface area (Å²) in [6.07, 6.45) is 14.9. The Morgan fingerprint density at radius 1 is 0.935 bits per heavy atom. The Morgan fingerprint density at radius 3 is 2.35 bits per heavy atom. The molecule has 5 unspecified atom stereocenters. The van der Waals surface area contributed by atoms with Gasteiger partial charge in [0.1, 0.15) is 0 Å². The number of benzene rings is 1. The molecule has 0 saturated heterocycles. The molecule has 1 fully saturated rings. The highest BCUT2D eigenvalue weighted by molar-refractivity contribution is 6.79. The van der Waals surface area contributed by atoms with E-state index in [0.29, 0.717) is 17.9 Å². The molecule has 2 nitrogen and oxygen atoms in total. The van der Waals surface area contributed by atoms with Gasteiger partial charge in [-0.1, -0.05) is 80.9 Å². The molecule has 4 rings (SSSR count). The maximum Gasteiger partial charge on any atom is 0.0598 e. The molecule has 3 aliphatic rings. The van der Waals surface area contributed by atoms with Crippen LogP contribution in [0.2, 0.25) is 24.7 Å². The SMILES string of the molecule is CN1c2ccccc2C2C1C1C=CC=CC1C2[Si](C)(C)CCCCCCOC(C)(C)C. The van der Waals surface area contributed by atoms with Gasteiger partial charge in [0.15, 0.2) is 0 Å². The van der Waals surface area contributed by atoms with Gasteiger partial charge in [-0.15, -0.1) is 0 Å². The van der Waals surface area contributed by atoms with Crippen LogP contribution in [0, 0.1) is 11.8 Å². The molecule has 0 bridgehead atoms. The van der Waals surface area contributed by atoms with Crippen LogP contribution in [0.25, 0.3) is 0 Å². The van der Waals surface area contributed by atoms with Crippen molar-refractivity contribution in [1.82, 2.24) is 0 Å². The first kappa shape index (κ1) is 22.9. The second-order valence-electron chi connectivity index (χ2n) is 11.8. The van der Waals surface area contributed by atoms with Crippen molar-refractivity contribution in [2.75, 3.05) is 18.6 Å². The van der Waals surface area contributed by atoms with E-state index in [1.807, 2.05) is 0 Å². The molecule has 0 aromatic heterocycles. The highest BCUT2D eigenvalue weighted by Gasteiger charge is 2.58. The Bertz CT molecular complexity index is 821. The van der Waals surface area contributed by atoms with Crippen LogP contribution >= 0.6 is 0 Å². The van der Waals surface area contributed by atoms with Gasteiger partial charge in [0.25, 0.3) is 0 Å². The van der Waals surface area contributed by atoms with E-state index in [9.17, 15) is 0 Å². The van der Waals surface area contributed by atoms with Gasteiger partial charge in [0.2, 0.25) is 0 Å². The van der Waals surface area contributed by atoms with Crippen molar-refractivity contribution in [2.45, 2.75) is 88.7 Å². The first-order valence-electron chi connectivity index (χ1n) is 12.5. The van der Waals surface area contributed by atoms with E-state index in [0.717, 1.165) is 18.1 Å². The molecule has 0 radical (unpaired) electrons. The number of fused-ring (bicyclic) bond motifs is 5. The minimum atomic E-state index is -1.40. The number of nitrogens with zero attached hydrogens (tertiary/aromatic N) is 1. The van der Waals surface area contributed by atoms with Gasteiger partial charge in [-0.2, -0.15) is 0 Å². The number of unbranched alkanes of at least 4 members (excludes halogenated alkanes) is 3. The van der Waals surface area contributed by atoms with E-state index in [1.165, 1.54) is 37.4 Å². The number of hydrogen-bond donors (Lipinski definition) is 0. The van der Waals surface area contributed by atoms with Crippen LogP contribution in [0.5, 0.6) is 0 Å². The van der Waals surface area contributed by atoms with Gasteiger partial charge in [-0.25, -0.2) is 0 Å². The summed E-state index contributed by atoms with van der Waals surface area (Å²) >= 11 is 0. The van der Waals surface area contributed by atoms with Crippen LogP contribution in [0.15, 0.2) is 48.6 Å². The fourth-order valence-corrected chi connectivity index (χ4v) is 11.0. The van der Waals surface area contributed by atoms with Crippen LogP contribution in [0.4, 0.5) is 5.69 Å². The molecule has 170 valence electrons. The van der Waals surface area contributed by atoms with Crippen molar-refractivity contribution in [3.05, 3.63) is 54.1 Å². The number of allylic oxidation sites excluding steroid dienone is 3. The third-order valence-corrected chi connectivity index (χ3v) is 12.3. The molecular weight excluding hydrogens is 394 g/mol. The number of hydrogen-bond acceptors (Lipinski definition) is 2. The fourth-order valence-electron chi connectivity index (χ4n) is 6.75. The monoisotopic (exact) mass is 437 g/mol. The Hall–Kier alpha value is -1.32. The van der Waals surface area contributed by atoms with Gasteiger partial charge >= 0.3 is 0 Å². The molecule has 1 aliphatic heterocycles. The van der Waals surface area contributed by atoms with Crippen molar-refractivity contribution in [1.29, 1.82) is 0 Å². The van der Waals surface area contributed by atoms with Crippen molar-refractivity contribution in [2.24, 2.45) is 11.8 Å². The summed E-state index contributed by atoms with van der Waals surface area (Å²) < 4.78 is 5.90. The standard InChI is InChI=1S/C28H43NOSi/c1-28(2,3)30-19-13-7-8-14-20-31(5,6)27-22-16-10-9-15-21(22)26-25(27)23-17-11-12-18-24(23)29(26)4/h9-12,15-18,21-22,25-27H,7-8,13-14,19-20H2,1-6H3. The van der Waals surface area contributed by atoms with E-state index in [1.54, 1.807) is 5.56 Å². The van der Waals surface area contributed by atoms with Crippen LogP contribution in [-0.2, 0) is 4.74 Å². The lowest BCUT2D eigenvalue weighted by Crippen LogP contribution is -2.37. The summed E-state index contributed by atoms with van der Waals surface area (Å²) in [6, 6.07) is 11.3. The lowest BCUT2D eigenvalue weighted by atomic mass is 9.89. The van der Waals surface area contributed by atoms with E-state index in [-0.39, 0.29) is 5.60 Å². The first-order chi connectivity index (χ1) is 14.7. The molecule has 31 heavy (non-hydrogen) atoms. The molecule has 1 aromatic rings. The Kier molecular flexibility index (Phi) is 6.56.